The Labute approximate surface area is 199 Å². The second kappa shape index (κ2) is 9.15. The van der Waals surface area contributed by atoms with Crippen LogP contribution in [0.15, 0.2) is 47.4 Å². The van der Waals surface area contributed by atoms with Crippen molar-refractivity contribution in [2.24, 2.45) is 0 Å². The van der Waals surface area contributed by atoms with E-state index >= 15 is 0 Å². The molecule has 4 rings (SSSR count). The molecule has 0 aliphatic carbocycles. The number of carbonyl (C=O) groups is 2. The van der Waals surface area contributed by atoms with E-state index in [0.29, 0.717) is 5.69 Å². The van der Waals surface area contributed by atoms with Gasteiger partial charge in [-0.25, -0.2) is 13.2 Å². The molecule has 2 aromatic rings. The zero-order valence-corrected chi connectivity index (χ0v) is 20.2. The number of nitrogens with one attached hydrogen (secondary N) is 3. The van der Waals surface area contributed by atoms with Crippen LogP contribution in [0.4, 0.5) is 16.2 Å². The Bertz CT molecular complexity index is 1210. The predicted molar refractivity (Wildman–Crippen MR) is 129 cm³/mol. The Morgan fingerprint density at radius 3 is 2.41 bits per heavy atom. The van der Waals surface area contributed by atoms with Crippen molar-refractivity contribution >= 4 is 33.3 Å². The van der Waals surface area contributed by atoms with Crippen molar-refractivity contribution < 1.29 is 22.7 Å². The molecule has 0 spiro atoms. The monoisotopic (exact) mass is 487 g/mol. The summed E-state index contributed by atoms with van der Waals surface area (Å²) in [6, 6.07) is 10.9. The van der Waals surface area contributed by atoms with Gasteiger partial charge in [-0.1, -0.05) is 19.1 Å². The number of likely N-dealkylation sites (N-methyl/N-ethyl adjacent to an activating group) is 1. The maximum atomic E-state index is 13.4. The maximum absolute atomic E-state index is 13.4. The lowest BCUT2D eigenvalue weighted by atomic mass is 9.91. The van der Waals surface area contributed by atoms with E-state index in [9.17, 15) is 18.0 Å². The minimum absolute atomic E-state index is 0.0518. The van der Waals surface area contributed by atoms with Crippen molar-refractivity contribution in [1.29, 1.82) is 0 Å². The van der Waals surface area contributed by atoms with E-state index < -0.39 is 27.5 Å². The fourth-order valence-electron chi connectivity index (χ4n) is 4.32. The van der Waals surface area contributed by atoms with Crippen LogP contribution in [0.2, 0.25) is 0 Å². The smallest absolute Gasteiger partial charge is 0.322 e. The first-order chi connectivity index (χ1) is 16.2. The van der Waals surface area contributed by atoms with Gasteiger partial charge in [0.1, 0.15) is 11.3 Å². The number of carbonyl (C=O) groups excluding carboxylic acids is 2. The van der Waals surface area contributed by atoms with Gasteiger partial charge >= 0.3 is 6.03 Å². The van der Waals surface area contributed by atoms with Gasteiger partial charge in [0.25, 0.3) is 15.9 Å². The molecule has 10 nitrogen and oxygen atoms in total. The number of urea groups is 1. The number of imide groups is 1. The Morgan fingerprint density at radius 1 is 1.09 bits per heavy atom. The molecule has 1 atom stereocenters. The number of para-hydroxylation sites is 2. The lowest BCUT2D eigenvalue weighted by Gasteiger charge is -2.36. The summed E-state index contributed by atoms with van der Waals surface area (Å²) in [6.45, 7) is 8.03. The number of piperazine rings is 1. The number of hydrogen-bond acceptors (Lipinski definition) is 7. The number of hydrogen-bond donors (Lipinski definition) is 3. The molecule has 2 aliphatic heterocycles. The molecule has 11 heteroatoms. The van der Waals surface area contributed by atoms with Gasteiger partial charge in [0.15, 0.2) is 0 Å². The minimum Gasteiger partial charge on any atom is -0.496 e. The van der Waals surface area contributed by atoms with Crippen LogP contribution in [0.5, 0.6) is 5.75 Å². The summed E-state index contributed by atoms with van der Waals surface area (Å²) in [4.78, 5) is 28.7. The number of sulfonamides is 1. The van der Waals surface area contributed by atoms with Crippen molar-refractivity contribution in [1.82, 2.24) is 15.5 Å². The zero-order chi connectivity index (χ0) is 24.5. The van der Waals surface area contributed by atoms with Crippen molar-refractivity contribution in [3.05, 3.63) is 48.0 Å². The van der Waals surface area contributed by atoms with Gasteiger partial charge in [0.05, 0.1) is 23.4 Å². The largest absolute Gasteiger partial charge is 0.496 e. The maximum Gasteiger partial charge on any atom is 0.322 e. The van der Waals surface area contributed by atoms with E-state index in [1.54, 1.807) is 12.1 Å². The van der Waals surface area contributed by atoms with Crippen LogP contribution in [0.1, 0.15) is 19.4 Å². The minimum atomic E-state index is -4.01. The first kappa shape index (κ1) is 23.8. The number of rotatable bonds is 7. The molecule has 182 valence electrons. The van der Waals surface area contributed by atoms with Gasteiger partial charge in [-0.05, 0) is 43.8 Å². The van der Waals surface area contributed by atoms with Gasteiger partial charge in [-0.15, -0.1) is 0 Å². The number of amides is 3. The second-order valence-electron chi connectivity index (χ2n) is 8.44. The highest BCUT2D eigenvalue weighted by atomic mass is 32.2. The standard InChI is InChI=1S/C23H29N5O5S/c1-4-27-11-13-28(14-12-27)19-8-6-5-7-18(19)26-34(31,32)16-9-10-20(33-3)17(15-16)23(2)21(29)24-22(30)25-23/h5-10,15,26H,4,11-14H2,1-3H3,(H2,24,25,29,30)/t23-/m1/s1. The first-order valence-electron chi connectivity index (χ1n) is 11.1. The van der Waals surface area contributed by atoms with Crippen LogP contribution in [0.25, 0.3) is 0 Å². The van der Waals surface area contributed by atoms with Crippen molar-refractivity contribution in [3.63, 3.8) is 0 Å². The first-order valence-corrected chi connectivity index (χ1v) is 12.6. The number of ether oxygens (including phenoxy) is 1. The summed E-state index contributed by atoms with van der Waals surface area (Å²) in [5, 5.41) is 4.74. The molecule has 0 unspecified atom stereocenters. The van der Waals surface area contributed by atoms with Crippen LogP contribution in [0.3, 0.4) is 0 Å². The van der Waals surface area contributed by atoms with Crippen LogP contribution in [-0.4, -0.2) is 65.1 Å². The summed E-state index contributed by atoms with van der Waals surface area (Å²) in [7, 11) is -2.60. The fourth-order valence-corrected chi connectivity index (χ4v) is 5.42. The number of benzene rings is 2. The molecule has 2 saturated heterocycles. The van der Waals surface area contributed by atoms with E-state index in [1.165, 1.54) is 32.2 Å². The third kappa shape index (κ3) is 4.40. The van der Waals surface area contributed by atoms with Crippen molar-refractivity contribution in [3.8, 4) is 5.75 Å². The average Bonchev–Trinajstić information content (AvgIpc) is 3.10. The molecule has 3 amide bonds. The topological polar surface area (TPSA) is 120 Å². The number of nitrogens with zero attached hydrogens (tertiary/aromatic N) is 2. The Balaban J connectivity index is 1.66. The average molecular weight is 488 g/mol. The van der Waals surface area contributed by atoms with Crippen LogP contribution < -0.4 is 25.0 Å². The summed E-state index contributed by atoms with van der Waals surface area (Å²) in [5.41, 5.74) is 0.0586. The van der Waals surface area contributed by atoms with E-state index in [-0.39, 0.29) is 16.2 Å². The van der Waals surface area contributed by atoms with Crippen molar-refractivity contribution in [2.75, 3.05) is 49.5 Å². The highest BCUT2D eigenvalue weighted by Gasteiger charge is 2.45. The molecule has 2 heterocycles. The SMILES string of the molecule is CCN1CCN(c2ccccc2NS(=O)(=O)c2ccc(OC)c([C@@]3(C)NC(=O)NC3=O)c2)CC1. The van der Waals surface area contributed by atoms with Crippen LogP contribution in [0, 0.1) is 0 Å². The lowest BCUT2D eigenvalue weighted by Crippen LogP contribution is -2.46. The molecule has 2 fully saturated rings. The van der Waals surface area contributed by atoms with Gasteiger partial charge in [0, 0.05) is 31.7 Å². The Morgan fingerprint density at radius 2 is 1.79 bits per heavy atom. The van der Waals surface area contributed by atoms with Gasteiger partial charge in [0.2, 0.25) is 0 Å². The molecule has 0 bridgehead atoms. The molecule has 34 heavy (non-hydrogen) atoms. The molecule has 2 aliphatic rings. The van der Waals surface area contributed by atoms with E-state index in [0.717, 1.165) is 38.4 Å². The number of methoxy groups -OCH3 is 1. The van der Waals surface area contributed by atoms with Crippen molar-refractivity contribution in [2.45, 2.75) is 24.3 Å². The third-order valence-corrected chi connectivity index (χ3v) is 7.74. The van der Waals surface area contributed by atoms with Gasteiger partial charge < -0.3 is 19.9 Å². The van der Waals surface area contributed by atoms with E-state index in [1.807, 2.05) is 12.1 Å². The molecule has 0 radical (unpaired) electrons. The lowest BCUT2D eigenvalue weighted by molar-refractivity contribution is -0.123. The van der Waals surface area contributed by atoms with E-state index in [2.05, 4.69) is 32.1 Å². The van der Waals surface area contributed by atoms with Gasteiger partial charge in [-0.2, -0.15) is 0 Å². The quantitative estimate of drug-likeness (QED) is 0.509. The van der Waals surface area contributed by atoms with Crippen LogP contribution in [-0.2, 0) is 20.4 Å². The second-order valence-corrected chi connectivity index (χ2v) is 10.1. The zero-order valence-electron chi connectivity index (χ0n) is 19.4. The summed E-state index contributed by atoms with van der Waals surface area (Å²) < 4.78 is 34.8. The highest BCUT2D eigenvalue weighted by Crippen LogP contribution is 2.35. The van der Waals surface area contributed by atoms with Crippen LogP contribution >= 0.6 is 0 Å². The molecular formula is C23H29N5O5S. The summed E-state index contributed by atoms with van der Waals surface area (Å²) in [5.74, 6) is -0.303. The summed E-state index contributed by atoms with van der Waals surface area (Å²) >= 11 is 0. The molecule has 0 aromatic heterocycles. The summed E-state index contributed by atoms with van der Waals surface area (Å²) in [6.07, 6.45) is 0. The van der Waals surface area contributed by atoms with Gasteiger partial charge in [-0.3, -0.25) is 14.8 Å². The fraction of sp³-hybridized carbons (Fsp3) is 0.391. The normalized spacial score (nSPS) is 21.2. The highest BCUT2D eigenvalue weighted by molar-refractivity contribution is 7.92. The predicted octanol–water partition coefficient (Wildman–Crippen LogP) is 1.69. The molecule has 2 aromatic carbocycles. The Kier molecular flexibility index (Phi) is 6.41. The Hall–Kier alpha value is -3.31. The number of anilines is 2. The molecule has 3 N–H and O–H groups in total. The third-order valence-electron chi connectivity index (χ3n) is 6.37. The van der Waals surface area contributed by atoms with E-state index in [4.69, 9.17) is 4.74 Å². The molecule has 0 saturated carbocycles. The molecular weight excluding hydrogens is 458 g/mol.